The maximum Gasteiger partial charge on any atom is 0.343 e. The molecule has 0 aliphatic heterocycles. The fourth-order valence-corrected chi connectivity index (χ4v) is 4.74. The van der Waals surface area contributed by atoms with Gasteiger partial charge in [-0.3, -0.25) is 9.52 Å². The van der Waals surface area contributed by atoms with Gasteiger partial charge in [-0.25, -0.2) is 18.6 Å². The largest absolute Gasteiger partial charge is 0.490 e. The minimum atomic E-state index is -3.76. The molecule has 0 fully saturated rings. The van der Waals surface area contributed by atoms with Gasteiger partial charge >= 0.3 is 5.97 Å². The molecule has 11 heteroatoms. The number of nitrogens with one attached hydrogen (secondary N) is 2. The monoisotopic (exact) mass is 591 g/mol. The number of aryl methyl sites for hydroxylation is 1. The first-order valence-corrected chi connectivity index (χ1v) is 14.3. The average molecular weight is 592 g/mol. The lowest BCUT2D eigenvalue weighted by atomic mass is 10.2. The molecule has 0 bridgehead atoms. The molecule has 2 N–H and O–H groups in total. The van der Waals surface area contributed by atoms with Crippen LogP contribution in [-0.4, -0.2) is 33.1 Å². The highest BCUT2D eigenvalue weighted by Crippen LogP contribution is 2.29. The van der Waals surface area contributed by atoms with Crippen molar-refractivity contribution < 1.29 is 27.5 Å². The van der Waals surface area contributed by atoms with Crippen LogP contribution >= 0.6 is 11.6 Å². The average Bonchev–Trinajstić information content (AvgIpc) is 2.95. The van der Waals surface area contributed by atoms with Gasteiger partial charge in [-0.2, -0.15) is 5.10 Å². The minimum absolute atomic E-state index is 0.138. The third kappa shape index (κ3) is 7.93. The summed E-state index contributed by atoms with van der Waals surface area (Å²) in [6.07, 6.45) is 1.41. The number of ether oxygens (including phenoxy) is 2. The van der Waals surface area contributed by atoms with Gasteiger partial charge < -0.3 is 9.47 Å². The quantitative estimate of drug-likeness (QED) is 0.103. The van der Waals surface area contributed by atoms with E-state index in [4.69, 9.17) is 21.1 Å². The van der Waals surface area contributed by atoms with Gasteiger partial charge in [0.2, 0.25) is 0 Å². The number of anilines is 1. The van der Waals surface area contributed by atoms with E-state index in [1.54, 1.807) is 61.5 Å². The second-order valence-corrected chi connectivity index (χ2v) is 10.8. The Bertz CT molecular complexity index is 1670. The van der Waals surface area contributed by atoms with Gasteiger partial charge in [-0.05, 0) is 98.3 Å². The molecule has 0 saturated carbocycles. The van der Waals surface area contributed by atoms with Crippen molar-refractivity contribution in [2.45, 2.75) is 18.7 Å². The van der Waals surface area contributed by atoms with Crippen molar-refractivity contribution in [3.05, 3.63) is 118 Å². The number of sulfonamides is 1. The van der Waals surface area contributed by atoms with Gasteiger partial charge in [0.15, 0.2) is 11.5 Å². The molecule has 41 heavy (non-hydrogen) atoms. The summed E-state index contributed by atoms with van der Waals surface area (Å²) in [5, 5.41) is 4.49. The topological polar surface area (TPSA) is 123 Å². The normalized spacial score (nSPS) is 11.2. The predicted octanol–water partition coefficient (Wildman–Crippen LogP) is 5.83. The summed E-state index contributed by atoms with van der Waals surface area (Å²) in [7, 11) is -3.76. The number of carbonyl (C=O) groups excluding carboxylic acids is 2. The van der Waals surface area contributed by atoms with Crippen LogP contribution < -0.4 is 19.6 Å². The summed E-state index contributed by atoms with van der Waals surface area (Å²) in [5.41, 5.74) is 4.88. The predicted molar refractivity (Wildman–Crippen MR) is 158 cm³/mol. The van der Waals surface area contributed by atoms with Crippen LogP contribution in [0.2, 0.25) is 5.02 Å². The number of hydrogen-bond donors (Lipinski definition) is 2. The van der Waals surface area contributed by atoms with Crippen molar-refractivity contribution >= 4 is 45.4 Å². The van der Waals surface area contributed by atoms with E-state index in [0.717, 1.165) is 5.56 Å². The molecular formula is C30H26ClN3O6S. The Morgan fingerprint density at radius 1 is 0.878 bits per heavy atom. The van der Waals surface area contributed by atoms with E-state index in [1.807, 2.05) is 6.92 Å². The van der Waals surface area contributed by atoms with Crippen LogP contribution in [-0.2, 0) is 10.0 Å². The molecule has 210 valence electrons. The molecule has 0 aromatic heterocycles. The molecule has 0 aliphatic rings. The molecule has 0 spiro atoms. The van der Waals surface area contributed by atoms with Gasteiger partial charge in [0, 0.05) is 16.3 Å². The second kappa shape index (κ2) is 13.1. The summed E-state index contributed by atoms with van der Waals surface area (Å²) >= 11 is 5.87. The second-order valence-electron chi connectivity index (χ2n) is 8.73. The number of benzene rings is 4. The SMILES string of the molecule is CCOc1cc(/C=N\NC(=O)c2ccc(NS(=O)(=O)c3ccc(C)cc3)cc2)ccc1OC(=O)c1ccc(Cl)cc1. The van der Waals surface area contributed by atoms with E-state index in [1.165, 1.54) is 42.6 Å². The summed E-state index contributed by atoms with van der Waals surface area (Å²) in [4.78, 5) is 25.2. The van der Waals surface area contributed by atoms with Crippen LogP contribution in [0.1, 0.15) is 38.8 Å². The van der Waals surface area contributed by atoms with E-state index < -0.39 is 21.9 Å². The van der Waals surface area contributed by atoms with E-state index in [-0.39, 0.29) is 16.2 Å². The fraction of sp³-hybridized carbons (Fsp3) is 0.100. The van der Waals surface area contributed by atoms with Crippen LogP contribution in [0, 0.1) is 6.92 Å². The van der Waals surface area contributed by atoms with Crippen molar-refractivity contribution in [3.8, 4) is 11.5 Å². The first-order chi connectivity index (χ1) is 19.6. The summed E-state index contributed by atoms with van der Waals surface area (Å²) in [6, 6.07) is 23.6. The van der Waals surface area contributed by atoms with Gasteiger partial charge in [0.25, 0.3) is 15.9 Å². The highest BCUT2D eigenvalue weighted by Gasteiger charge is 2.15. The van der Waals surface area contributed by atoms with E-state index >= 15 is 0 Å². The highest BCUT2D eigenvalue weighted by atomic mass is 35.5. The number of hydrogen-bond acceptors (Lipinski definition) is 7. The Labute approximate surface area is 242 Å². The molecule has 4 rings (SSSR count). The minimum Gasteiger partial charge on any atom is -0.490 e. The van der Waals surface area contributed by atoms with Crippen LogP contribution in [0.5, 0.6) is 11.5 Å². The van der Waals surface area contributed by atoms with Crippen molar-refractivity contribution in [3.63, 3.8) is 0 Å². The maximum absolute atomic E-state index is 12.6. The zero-order valence-electron chi connectivity index (χ0n) is 22.1. The zero-order chi connectivity index (χ0) is 29.4. The highest BCUT2D eigenvalue weighted by molar-refractivity contribution is 7.92. The van der Waals surface area contributed by atoms with Crippen molar-refractivity contribution in [1.82, 2.24) is 5.43 Å². The van der Waals surface area contributed by atoms with Crippen molar-refractivity contribution in [2.75, 3.05) is 11.3 Å². The van der Waals surface area contributed by atoms with Gasteiger partial charge in [-0.15, -0.1) is 0 Å². The Morgan fingerprint density at radius 3 is 2.20 bits per heavy atom. The molecule has 0 unspecified atom stereocenters. The number of rotatable bonds is 10. The van der Waals surface area contributed by atoms with E-state index in [2.05, 4.69) is 15.2 Å². The third-order valence-electron chi connectivity index (χ3n) is 5.66. The molecule has 9 nitrogen and oxygen atoms in total. The first kappa shape index (κ1) is 29.3. The summed E-state index contributed by atoms with van der Waals surface area (Å²) in [5.74, 6) is -0.502. The van der Waals surface area contributed by atoms with Gasteiger partial charge in [-0.1, -0.05) is 29.3 Å². The first-order valence-electron chi connectivity index (χ1n) is 12.4. The summed E-state index contributed by atoms with van der Waals surface area (Å²) in [6.45, 7) is 4.00. The van der Waals surface area contributed by atoms with Gasteiger partial charge in [0.05, 0.1) is 23.3 Å². The Hall–Kier alpha value is -4.67. The number of carbonyl (C=O) groups is 2. The number of halogens is 1. The van der Waals surface area contributed by atoms with Crippen LogP contribution in [0.15, 0.2) is 101 Å². The number of nitrogens with zero attached hydrogens (tertiary/aromatic N) is 1. The summed E-state index contributed by atoms with van der Waals surface area (Å²) < 4.78 is 38.7. The molecule has 0 radical (unpaired) electrons. The van der Waals surface area contributed by atoms with E-state index in [0.29, 0.717) is 34.2 Å². The van der Waals surface area contributed by atoms with Crippen molar-refractivity contribution in [1.29, 1.82) is 0 Å². The van der Waals surface area contributed by atoms with Gasteiger partial charge in [0.1, 0.15) is 0 Å². The lowest BCUT2D eigenvalue weighted by molar-refractivity contribution is 0.0728. The Kier molecular flexibility index (Phi) is 9.38. The van der Waals surface area contributed by atoms with Crippen LogP contribution in [0.3, 0.4) is 0 Å². The lowest BCUT2D eigenvalue weighted by Gasteiger charge is -2.11. The Balaban J connectivity index is 1.37. The molecule has 0 saturated heterocycles. The molecule has 0 atom stereocenters. The smallest absolute Gasteiger partial charge is 0.343 e. The standard InChI is InChI=1S/C30H26ClN3O6S/c1-3-39-28-18-21(6-17-27(28)40-30(36)23-7-11-24(31)12-8-23)19-32-33-29(35)22-9-13-25(14-10-22)34-41(37,38)26-15-4-20(2)5-16-26/h4-19,34H,3H2,1-2H3,(H,33,35)/b32-19-. The van der Waals surface area contributed by atoms with E-state index in [9.17, 15) is 18.0 Å². The third-order valence-corrected chi connectivity index (χ3v) is 7.31. The lowest BCUT2D eigenvalue weighted by Crippen LogP contribution is -2.18. The number of hydrazone groups is 1. The molecule has 4 aromatic rings. The molecule has 0 aliphatic carbocycles. The number of esters is 1. The Morgan fingerprint density at radius 2 is 1.54 bits per heavy atom. The van der Waals surface area contributed by atoms with Crippen molar-refractivity contribution in [2.24, 2.45) is 5.10 Å². The van der Waals surface area contributed by atoms with Crippen LogP contribution in [0.25, 0.3) is 0 Å². The maximum atomic E-state index is 12.6. The molecular weight excluding hydrogens is 566 g/mol. The zero-order valence-corrected chi connectivity index (χ0v) is 23.7. The molecule has 4 aromatic carbocycles. The fourth-order valence-electron chi connectivity index (χ4n) is 3.55. The number of amides is 1. The molecule has 1 amide bonds. The molecule has 0 heterocycles. The van der Waals surface area contributed by atoms with Crippen LogP contribution in [0.4, 0.5) is 5.69 Å².